The number of fused-ring (bicyclic) bond motifs is 1. The molecule has 3 aliphatic rings. The molecular formula is C16H28N2O3. The Morgan fingerprint density at radius 1 is 1.38 bits per heavy atom. The summed E-state index contributed by atoms with van der Waals surface area (Å²) in [6.45, 7) is 8.10. The molecule has 1 saturated heterocycles. The zero-order chi connectivity index (χ0) is 15.4. The molecule has 0 bridgehead atoms. The summed E-state index contributed by atoms with van der Waals surface area (Å²) in [4.78, 5) is 14.8. The summed E-state index contributed by atoms with van der Waals surface area (Å²) in [5.74, 6) is 0.756. The molecule has 5 nitrogen and oxygen atoms in total. The zero-order valence-electron chi connectivity index (χ0n) is 13.3. The second-order valence-electron chi connectivity index (χ2n) is 7.62. The number of rotatable bonds is 3. The van der Waals surface area contributed by atoms with Crippen LogP contribution in [0.15, 0.2) is 0 Å². The van der Waals surface area contributed by atoms with Crippen LogP contribution in [0, 0.1) is 17.3 Å². The van der Waals surface area contributed by atoms with Crippen LogP contribution in [0.5, 0.6) is 0 Å². The Morgan fingerprint density at radius 2 is 2.10 bits per heavy atom. The van der Waals surface area contributed by atoms with Gasteiger partial charge >= 0.3 is 0 Å². The monoisotopic (exact) mass is 296 g/mol. The highest BCUT2D eigenvalue weighted by Crippen LogP contribution is 2.51. The molecule has 5 heteroatoms. The van der Waals surface area contributed by atoms with Crippen molar-refractivity contribution in [2.45, 2.75) is 57.8 Å². The molecule has 21 heavy (non-hydrogen) atoms. The molecule has 2 aliphatic carbocycles. The Hall–Kier alpha value is -0.650. The van der Waals surface area contributed by atoms with E-state index in [0.29, 0.717) is 25.5 Å². The van der Waals surface area contributed by atoms with Gasteiger partial charge in [0.15, 0.2) is 0 Å². The van der Waals surface area contributed by atoms with E-state index < -0.39 is 5.54 Å². The van der Waals surface area contributed by atoms with Crippen molar-refractivity contribution in [3.8, 4) is 0 Å². The molecule has 3 N–H and O–H groups in total. The maximum absolute atomic E-state index is 12.9. The zero-order valence-corrected chi connectivity index (χ0v) is 13.3. The topological polar surface area (TPSA) is 75.8 Å². The van der Waals surface area contributed by atoms with Crippen LogP contribution in [0.25, 0.3) is 0 Å². The van der Waals surface area contributed by atoms with E-state index in [2.05, 4.69) is 0 Å². The molecule has 1 heterocycles. The van der Waals surface area contributed by atoms with Crippen LogP contribution in [-0.4, -0.2) is 53.4 Å². The average Bonchev–Trinajstić information content (AvgIpc) is 3.00. The fourth-order valence-corrected chi connectivity index (χ4v) is 4.48. The van der Waals surface area contributed by atoms with Crippen molar-refractivity contribution in [3.05, 3.63) is 0 Å². The third-order valence-corrected chi connectivity index (χ3v) is 6.32. The minimum atomic E-state index is -0.823. The Bertz CT molecular complexity index is 439. The van der Waals surface area contributed by atoms with Gasteiger partial charge in [0.2, 0.25) is 5.91 Å². The molecule has 1 amide bonds. The van der Waals surface area contributed by atoms with Gasteiger partial charge in [-0.15, -0.1) is 0 Å². The molecule has 0 radical (unpaired) electrons. The predicted octanol–water partition coefficient (Wildman–Crippen LogP) is 0.748. The molecule has 3 rings (SSSR count). The largest absolute Gasteiger partial charge is 0.393 e. The number of carbonyl (C=O) groups is 1. The Kier molecular flexibility index (Phi) is 3.58. The van der Waals surface area contributed by atoms with Gasteiger partial charge in [0, 0.05) is 37.5 Å². The van der Waals surface area contributed by atoms with Crippen LogP contribution in [0.2, 0.25) is 0 Å². The van der Waals surface area contributed by atoms with E-state index in [1.807, 2.05) is 25.7 Å². The molecule has 5 unspecified atom stereocenters. The van der Waals surface area contributed by atoms with Gasteiger partial charge in [0.1, 0.15) is 5.54 Å². The summed E-state index contributed by atoms with van der Waals surface area (Å²) < 4.78 is 5.70. The number of nitrogens with two attached hydrogens (primary N) is 1. The van der Waals surface area contributed by atoms with E-state index in [9.17, 15) is 9.90 Å². The quantitative estimate of drug-likeness (QED) is 0.806. The first-order valence-corrected chi connectivity index (χ1v) is 8.19. The summed E-state index contributed by atoms with van der Waals surface area (Å²) in [6, 6.07) is 0. The summed E-state index contributed by atoms with van der Waals surface area (Å²) in [6.07, 6.45) is 2.32. The predicted molar refractivity (Wildman–Crippen MR) is 79.5 cm³/mol. The smallest absolute Gasteiger partial charge is 0.243 e. The Labute approximate surface area is 126 Å². The number of hydrogen-bond donors (Lipinski definition) is 2. The third kappa shape index (κ3) is 2.05. The number of ether oxygens (including phenoxy) is 1. The summed E-state index contributed by atoms with van der Waals surface area (Å²) in [5, 5.41) is 10.00. The average molecular weight is 296 g/mol. The van der Waals surface area contributed by atoms with Crippen molar-refractivity contribution >= 4 is 5.91 Å². The molecule has 3 fully saturated rings. The number of likely N-dealkylation sites (tertiary alicyclic amines) is 1. The van der Waals surface area contributed by atoms with E-state index >= 15 is 0 Å². The van der Waals surface area contributed by atoms with E-state index in [0.717, 1.165) is 19.4 Å². The third-order valence-electron chi connectivity index (χ3n) is 6.32. The number of aliphatic hydroxyl groups is 1. The Morgan fingerprint density at radius 3 is 2.67 bits per heavy atom. The lowest BCUT2D eigenvalue weighted by Gasteiger charge is -2.58. The number of carbonyl (C=O) groups excluding carboxylic acids is 1. The Balaban J connectivity index is 1.69. The van der Waals surface area contributed by atoms with Gasteiger partial charge in [-0.3, -0.25) is 4.79 Å². The normalized spacial score (nSPS) is 44.5. The van der Waals surface area contributed by atoms with Crippen molar-refractivity contribution in [2.75, 3.05) is 19.7 Å². The van der Waals surface area contributed by atoms with Gasteiger partial charge in [-0.2, -0.15) is 0 Å². The van der Waals surface area contributed by atoms with Crippen LogP contribution < -0.4 is 5.73 Å². The van der Waals surface area contributed by atoms with Gasteiger partial charge < -0.3 is 20.5 Å². The summed E-state index contributed by atoms with van der Waals surface area (Å²) in [5.41, 5.74) is 5.32. The number of nitrogens with zero attached hydrogens (tertiary/aromatic N) is 1. The highest BCUT2D eigenvalue weighted by Gasteiger charge is 2.64. The van der Waals surface area contributed by atoms with Crippen molar-refractivity contribution < 1.29 is 14.6 Å². The first kappa shape index (κ1) is 15.3. The fraction of sp³-hybridized carbons (Fsp3) is 0.938. The molecule has 0 aromatic rings. The van der Waals surface area contributed by atoms with Crippen LogP contribution in [0.1, 0.15) is 40.0 Å². The number of aliphatic hydroxyl groups excluding tert-OH is 1. The highest BCUT2D eigenvalue weighted by atomic mass is 16.5. The van der Waals surface area contributed by atoms with Gasteiger partial charge in [0.25, 0.3) is 0 Å². The minimum Gasteiger partial charge on any atom is -0.393 e. The molecule has 120 valence electrons. The van der Waals surface area contributed by atoms with Crippen LogP contribution >= 0.6 is 0 Å². The number of amides is 1. The lowest BCUT2D eigenvalue weighted by Crippen LogP contribution is -2.76. The molecule has 0 spiro atoms. The second kappa shape index (κ2) is 4.93. The van der Waals surface area contributed by atoms with Crippen molar-refractivity contribution in [1.29, 1.82) is 0 Å². The van der Waals surface area contributed by atoms with Gasteiger partial charge in [0.05, 0.1) is 12.2 Å². The standard InChI is InChI=1S/C16H28N2O3/c1-4-21-13-7-16(17,15(13,2)3)14(20)18-8-10-5-6-12(19)11(10)9-18/h10-13,19H,4-9,17H2,1-3H3. The maximum Gasteiger partial charge on any atom is 0.243 e. The van der Waals surface area contributed by atoms with Crippen molar-refractivity contribution in [1.82, 2.24) is 4.90 Å². The van der Waals surface area contributed by atoms with E-state index in [1.165, 1.54) is 0 Å². The van der Waals surface area contributed by atoms with Crippen molar-refractivity contribution in [3.63, 3.8) is 0 Å². The molecular weight excluding hydrogens is 268 g/mol. The number of hydrogen-bond acceptors (Lipinski definition) is 4. The van der Waals surface area contributed by atoms with E-state index in [1.54, 1.807) is 0 Å². The SMILES string of the molecule is CCOC1CC(N)(C(=O)N2CC3CCC(O)C3C2)C1(C)C. The lowest BCUT2D eigenvalue weighted by molar-refractivity contribution is -0.178. The van der Waals surface area contributed by atoms with Crippen molar-refractivity contribution in [2.24, 2.45) is 23.0 Å². The first-order valence-electron chi connectivity index (χ1n) is 8.19. The molecule has 2 saturated carbocycles. The summed E-state index contributed by atoms with van der Waals surface area (Å²) in [7, 11) is 0. The van der Waals surface area contributed by atoms with Crippen LogP contribution in [0.3, 0.4) is 0 Å². The highest BCUT2D eigenvalue weighted by molar-refractivity contribution is 5.89. The van der Waals surface area contributed by atoms with Gasteiger partial charge in [-0.1, -0.05) is 13.8 Å². The van der Waals surface area contributed by atoms with E-state index in [4.69, 9.17) is 10.5 Å². The van der Waals surface area contributed by atoms with Crippen LogP contribution in [0.4, 0.5) is 0 Å². The molecule has 1 aliphatic heterocycles. The van der Waals surface area contributed by atoms with E-state index in [-0.39, 0.29) is 29.4 Å². The molecule has 5 atom stereocenters. The van der Waals surface area contributed by atoms with Gasteiger partial charge in [-0.05, 0) is 25.7 Å². The molecule has 0 aromatic carbocycles. The molecule has 0 aromatic heterocycles. The minimum absolute atomic E-state index is 0.0463. The maximum atomic E-state index is 12.9. The fourth-order valence-electron chi connectivity index (χ4n) is 4.48. The summed E-state index contributed by atoms with van der Waals surface area (Å²) >= 11 is 0. The first-order chi connectivity index (χ1) is 9.81. The second-order valence-corrected chi connectivity index (χ2v) is 7.62. The lowest BCUT2D eigenvalue weighted by atomic mass is 9.54. The van der Waals surface area contributed by atoms with Gasteiger partial charge in [-0.25, -0.2) is 0 Å². The van der Waals surface area contributed by atoms with Crippen LogP contribution in [-0.2, 0) is 9.53 Å².